The molecule has 130 valence electrons. The summed E-state index contributed by atoms with van der Waals surface area (Å²) in [6.07, 6.45) is -0.311. The van der Waals surface area contributed by atoms with E-state index in [4.69, 9.17) is 19.4 Å². The molecule has 0 aromatic heterocycles. The monoisotopic (exact) mass is 327 g/mol. The molecule has 0 aromatic rings. The lowest BCUT2D eigenvalue weighted by molar-refractivity contribution is -0.192. The lowest BCUT2D eigenvalue weighted by atomic mass is 9.78. The van der Waals surface area contributed by atoms with Crippen LogP contribution in [0.1, 0.15) is 32.6 Å². The van der Waals surface area contributed by atoms with Gasteiger partial charge in [-0.3, -0.25) is 0 Å². The smallest absolute Gasteiger partial charge is 0.475 e. The van der Waals surface area contributed by atoms with E-state index in [1.165, 1.54) is 25.7 Å². The Balaban J connectivity index is 0.000000295. The summed E-state index contributed by atoms with van der Waals surface area (Å²) in [5.41, 5.74) is 0.197. The molecule has 2 saturated heterocycles. The molecule has 2 rings (SSSR count). The van der Waals surface area contributed by atoms with Gasteiger partial charge >= 0.3 is 12.1 Å². The van der Waals surface area contributed by atoms with Gasteiger partial charge in [0.2, 0.25) is 0 Å². The summed E-state index contributed by atoms with van der Waals surface area (Å²) in [5, 5.41) is 10.5. The Hall–Kier alpha value is -0.860. The van der Waals surface area contributed by atoms with E-state index in [2.05, 4.69) is 12.2 Å². The summed E-state index contributed by atoms with van der Waals surface area (Å²) in [6.45, 7) is 6.99. The fraction of sp³-hybridized carbons (Fsp3) is 0.929. The van der Waals surface area contributed by atoms with Gasteiger partial charge in [0.05, 0.1) is 5.60 Å². The number of rotatable bonds is 4. The molecule has 1 atom stereocenters. The molecule has 1 unspecified atom stereocenters. The first-order valence-corrected chi connectivity index (χ1v) is 7.54. The Morgan fingerprint density at radius 3 is 2.50 bits per heavy atom. The third kappa shape index (κ3) is 5.73. The fourth-order valence-electron chi connectivity index (χ4n) is 2.97. The van der Waals surface area contributed by atoms with Crippen molar-refractivity contribution in [3.63, 3.8) is 0 Å². The number of halogens is 3. The number of hydrogen-bond acceptors (Lipinski definition) is 4. The molecule has 2 N–H and O–H groups in total. The van der Waals surface area contributed by atoms with Crippen LogP contribution in [0.2, 0.25) is 0 Å². The van der Waals surface area contributed by atoms with Crippen molar-refractivity contribution in [1.29, 1.82) is 0 Å². The maximum atomic E-state index is 10.6. The number of carboxylic acids is 1. The van der Waals surface area contributed by atoms with Crippen LogP contribution < -0.4 is 5.32 Å². The molecular formula is C14H24F3NO4. The largest absolute Gasteiger partial charge is 0.490 e. The normalized spacial score (nSPS) is 23.9. The minimum atomic E-state index is -5.08. The predicted molar refractivity (Wildman–Crippen MR) is 73.7 cm³/mol. The molecule has 1 spiro atoms. The number of carbonyl (C=O) groups is 1. The quantitative estimate of drug-likeness (QED) is 0.775. The predicted octanol–water partition coefficient (Wildman–Crippen LogP) is 2.20. The first-order chi connectivity index (χ1) is 10.3. The summed E-state index contributed by atoms with van der Waals surface area (Å²) in [6, 6.07) is 0. The zero-order valence-electron chi connectivity index (χ0n) is 12.7. The summed E-state index contributed by atoms with van der Waals surface area (Å²) in [4.78, 5) is 8.90. The topological polar surface area (TPSA) is 67.8 Å². The fourth-order valence-corrected chi connectivity index (χ4v) is 2.97. The zero-order valence-corrected chi connectivity index (χ0v) is 12.7. The molecule has 0 bridgehead atoms. The average molecular weight is 327 g/mol. The number of alkyl halides is 3. The Labute approximate surface area is 128 Å². The first-order valence-electron chi connectivity index (χ1n) is 7.54. The van der Waals surface area contributed by atoms with E-state index in [0.29, 0.717) is 0 Å². The first kappa shape index (κ1) is 19.2. The van der Waals surface area contributed by atoms with Crippen LogP contribution in [0.3, 0.4) is 0 Å². The molecule has 0 radical (unpaired) electrons. The molecule has 2 heterocycles. The lowest BCUT2D eigenvalue weighted by Crippen LogP contribution is -2.46. The Bertz CT molecular complexity index is 343. The SMILES string of the molecule is CCOCCC1CCOC12CCNCC2.O=C(O)C(F)(F)F. The molecule has 2 fully saturated rings. The van der Waals surface area contributed by atoms with Gasteiger partial charge in [-0.2, -0.15) is 13.2 Å². The van der Waals surface area contributed by atoms with Crippen molar-refractivity contribution < 1.29 is 32.5 Å². The summed E-state index contributed by atoms with van der Waals surface area (Å²) < 4.78 is 43.2. The van der Waals surface area contributed by atoms with E-state index in [1.807, 2.05) is 0 Å². The summed E-state index contributed by atoms with van der Waals surface area (Å²) >= 11 is 0. The molecule has 0 aromatic carbocycles. The van der Waals surface area contributed by atoms with Crippen molar-refractivity contribution in [2.24, 2.45) is 5.92 Å². The zero-order chi connectivity index (χ0) is 16.6. The van der Waals surface area contributed by atoms with E-state index in [-0.39, 0.29) is 5.60 Å². The van der Waals surface area contributed by atoms with Gasteiger partial charge in [-0.15, -0.1) is 0 Å². The van der Waals surface area contributed by atoms with Crippen LogP contribution in [0, 0.1) is 5.92 Å². The number of aliphatic carboxylic acids is 1. The van der Waals surface area contributed by atoms with Crippen LogP contribution in [0.25, 0.3) is 0 Å². The lowest BCUT2D eigenvalue weighted by Gasteiger charge is -2.38. The van der Waals surface area contributed by atoms with Crippen LogP contribution in [0.4, 0.5) is 13.2 Å². The van der Waals surface area contributed by atoms with Crippen molar-refractivity contribution in [2.45, 2.75) is 44.4 Å². The second-order valence-electron chi connectivity index (χ2n) is 5.44. The molecule has 0 saturated carbocycles. The van der Waals surface area contributed by atoms with Gasteiger partial charge in [0, 0.05) is 19.8 Å². The van der Waals surface area contributed by atoms with Crippen LogP contribution in [-0.4, -0.2) is 55.8 Å². The number of carboxylic acid groups (broad SMARTS) is 1. The van der Waals surface area contributed by atoms with Crippen molar-refractivity contribution in [1.82, 2.24) is 5.32 Å². The molecule has 2 aliphatic rings. The van der Waals surface area contributed by atoms with Crippen LogP contribution in [0.15, 0.2) is 0 Å². The van der Waals surface area contributed by atoms with E-state index in [1.54, 1.807) is 0 Å². The number of ether oxygens (including phenoxy) is 2. The summed E-state index contributed by atoms with van der Waals surface area (Å²) in [7, 11) is 0. The van der Waals surface area contributed by atoms with Gasteiger partial charge in [0.1, 0.15) is 0 Å². The molecule has 5 nitrogen and oxygen atoms in total. The minimum absolute atomic E-state index is 0.197. The molecule has 8 heteroatoms. The molecule has 2 aliphatic heterocycles. The molecule has 0 aliphatic carbocycles. The van der Waals surface area contributed by atoms with Crippen molar-refractivity contribution in [3.05, 3.63) is 0 Å². The standard InChI is InChI=1S/C12H23NO2.C2HF3O2/c1-2-14-9-3-11-4-10-15-12(11)5-7-13-8-6-12;3-2(4,5)1(6)7/h11,13H,2-10H2,1H3;(H,6,7). The Morgan fingerprint density at radius 2 is 2.00 bits per heavy atom. The van der Waals surface area contributed by atoms with E-state index >= 15 is 0 Å². The van der Waals surface area contributed by atoms with E-state index < -0.39 is 12.1 Å². The van der Waals surface area contributed by atoms with Crippen molar-refractivity contribution >= 4 is 5.97 Å². The van der Waals surface area contributed by atoms with Gasteiger partial charge in [-0.25, -0.2) is 4.79 Å². The van der Waals surface area contributed by atoms with Gasteiger partial charge < -0.3 is 19.9 Å². The summed E-state index contributed by atoms with van der Waals surface area (Å²) in [5.74, 6) is -2.03. The second-order valence-corrected chi connectivity index (χ2v) is 5.44. The van der Waals surface area contributed by atoms with Gasteiger partial charge in [0.15, 0.2) is 0 Å². The number of hydrogen-bond donors (Lipinski definition) is 2. The van der Waals surface area contributed by atoms with Crippen LogP contribution >= 0.6 is 0 Å². The van der Waals surface area contributed by atoms with Crippen molar-refractivity contribution in [3.8, 4) is 0 Å². The third-order valence-corrected chi connectivity index (χ3v) is 4.11. The Morgan fingerprint density at radius 1 is 1.41 bits per heavy atom. The molecule has 22 heavy (non-hydrogen) atoms. The van der Waals surface area contributed by atoms with Gasteiger partial charge in [-0.1, -0.05) is 0 Å². The highest BCUT2D eigenvalue weighted by molar-refractivity contribution is 5.73. The van der Waals surface area contributed by atoms with Crippen LogP contribution in [0.5, 0.6) is 0 Å². The average Bonchev–Trinajstić information content (AvgIpc) is 2.82. The van der Waals surface area contributed by atoms with E-state index in [9.17, 15) is 13.2 Å². The Kier molecular flexibility index (Phi) is 7.58. The minimum Gasteiger partial charge on any atom is -0.475 e. The highest BCUT2D eigenvalue weighted by Crippen LogP contribution is 2.40. The highest BCUT2D eigenvalue weighted by Gasteiger charge is 2.44. The third-order valence-electron chi connectivity index (χ3n) is 4.11. The van der Waals surface area contributed by atoms with E-state index in [0.717, 1.165) is 38.8 Å². The highest BCUT2D eigenvalue weighted by atomic mass is 19.4. The maximum absolute atomic E-state index is 10.6. The second kappa shape index (κ2) is 8.69. The number of piperidine rings is 1. The molecular weight excluding hydrogens is 303 g/mol. The number of nitrogens with one attached hydrogen (secondary N) is 1. The van der Waals surface area contributed by atoms with Gasteiger partial charge in [0.25, 0.3) is 0 Å². The van der Waals surface area contributed by atoms with Crippen molar-refractivity contribution in [2.75, 3.05) is 32.9 Å². The molecule has 0 amide bonds. The maximum Gasteiger partial charge on any atom is 0.490 e. The van der Waals surface area contributed by atoms with Gasteiger partial charge in [-0.05, 0) is 51.6 Å². The van der Waals surface area contributed by atoms with Crippen LogP contribution in [-0.2, 0) is 14.3 Å².